The van der Waals surface area contributed by atoms with Gasteiger partial charge in [0, 0.05) is 16.2 Å². The van der Waals surface area contributed by atoms with Crippen LogP contribution in [0.1, 0.15) is 45.1 Å². The van der Waals surface area contributed by atoms with E-state index in [4.69, 9.17) is 16.4 Å². The third-order valence-electron chi connectivity index (χ3n) is 5.09. The SMILES string of the molecule is CC1(C)CON(Cc2cc(F)c(NC(=O)C3=C(C(=O)O)CCCC3)cc2Cl)C1=O. The maximum atomic E-state index is 14.6. The molecule has 0 atom stereocenters. The van der Waals surface area contributed by atoms with E-state index >= 15 is 0 Å². The molecule has 0 unspecified atom stereocenters. The molecule has 1 aromatic carbocycles. The van der Waals surface area contributed by atoms with Crippen molar-refractivity contribution in [2.24, 2.45) is 5.41 Å². The average Bonchev–Trinajstić information content (AvgIpc) is 2.92. The second kappa shape index (κ2) is 8.12. The van der Waals surface area contributed by atoms with Crippen LogP contribution in [0.5, 0.6) is 0 Å². The molecule has 9 heteroatoms. The molecule has 0 bridgehead atoms. The summed E-state index contributed by atoms with van der Waals surface area (Å²) in [6.45, 7) is 3.70. The lowest BCUT2D eigenvalue weighted by molar-refractivity contribution is -0.165. The van der Waals surface area contributed by atoms with Gasteiger partial charge in [-0.25, -0.2) is 14.2 Å². The van der Waals surface area contributed by atoms with Crippen molar-refractivity contribution in [3.63, 3.8) is 0 Å². The number of carboxylic acids is 1. The van der Waals surface area contributed by atoms with Crippen molar-refractivity contribution in [3.8, 4) is 0 Å². The molecular formula is C20H22ClFN2O5. The highest BCUT2D eigenvalue weighted by Gasteiger charge is 2.40. The molecule has 0 aromatic heterocycles. The number of hydrogen-bond donors (Lipinski definition) is 2. The Bertz CT molecular complexity index is 912. The van der Waals surface area contributed by atoms with Crippen molar-refractivity contribution < 1.29 is 28.7 Å². The number of nitrogens with zero attached hydrogens (tertiary/aromatic N) is 1. The van der Waals surface area contributed by atoms with Gasteiger partial charge in [0.1, 0.15) is 5.82 Å². The molecule has 1 aliphatic carbocycles. The zero-order valence-electron chi connectivity index (χ0n) is 16.2. The van der Waals surface area contributed by atoms with Crippen molar-refractivity contribution in [1.82, 2.24) is 5.06 Å². The number of nitrogens with one attached hydrogen (secondary N) is 1. The maximum Gasteiger partial charge on any atom is 0.332 e. The van der Waals surface area contributed by atoms with E-state index in [-0.39, 0.29) is 40.9 Å². The van der Waals surface area contributed by atoms with Gasteiger partial charge in [-0.3, -0.25) is 14.4 Å². The molecule has 1 heterocycles. The summed E-state index contributed by atoms with van der Waals surface area (Å²) in [6, 6.07) is 2.38. The number of aliphatic carboxylic acids is 1. The molecule has 0 saturated carbocycles. The van der Waals surface area contributed by atoms with Gasteiger partial charge in [-0.15, -0.1) is 0 Å². The standard InChI is InChI=1S/C20H22ClFN2O5/c1-20(2)10-29-24(19(20)28)9-11-7-15(22)16(8-14(11)21)23-17(25)12-5-3-4-6-13(12)18(26)27/h7-8H,3-6,9-10H2,1-2H3,(H,23,25)(H,26,27). The Morgan fingerprint density at radius 1 is 1.28 bits per heavy atom. The summed E-state index contributed by atoms with van der Waals surface area (Å²) in [7, 11) is 0. The minimum Gasteiger partial charge on any atom is -0.478 e. The minimum atomic E-state index is -1.14. The average molecular weight is 425 g/mol. The number of anilines is 1. The molecule has 1 aliphatic heterocycles. The monoisotopic (exact) mass is 424 g/mol. The fourth-order valence-corrected chi connectivity index (χ4v) is 3.59. The van der Waals surface area contributed by atoms with Gasteiger partial charge in [0.15, 0.2) is 0 Å². The predicted molar refractivity (Wildman–Crippen MR) is 103 cm³/mol. The van der Waals surface area contributed by atoms with Crippen LogP contribution in [-0.4, -0.2) is 34.6 Å². The highest BCUT2D eigenvalue weighted by atomic mass is 35.5. The van der Waals surface area contributed by atoms with Gasteiger partial charge < -0.3 is 10.4 Å². The van der Waals surface area contributed by atoms with E-state index in [1.807, 2.05) is 0 Å². The normalized spacial score (nSPS) is 18.9. The second-order valence-corrected chi connectivity index (χ2v) is 8.25. The molecule has 2 N–H and O–H groups in total. The van der Waals surface area contributed by atoms with Crippen molar-refractivity contribution in [1.29, 1.82) is 0 Å². The Morgan fingerprint density at radius 2 is 1.93 bits per heavy atom. The molecule has 1 fully saturated rings. The van der Waals surface area contributed by atoms with Crippen LogP contribution in [0.15, 0.2) is 23.3 Å². The summed E-state index contributed by atoms with van der Waals surface area (Å²) in [6.07, 6.45) is 2.02. The Hall–Kier alpha value is -2.45. The number of benzene rings is 1. The fraction of sp³-hybridized carbons (Fsp3) is 0.450. The van der Waals surface area contributed by atoms with Crippen LogP contribution in [-0.2, 0) is 25.8 Å². The largest absolute Gasteiger partial charge is 0.478 e. The van der Waals surface area contributed by atoms with E-state index in [0.717, 1.165) is 11.1 Å². The molecule has 1 saturated heterocycles. The van der Waals surface area contributed by atoms with Crippen LogP contribution in [0, 0.1) is 11.2 Å². The fourth-order valence-electron chi connectivity index (χ4n) is 3.36. The van der Waals surface area contributed by atoms with Crippen molar-refractivity contribution in [2.45, 2.75) is 46.1 Å². The van der Waals surface area contributed by atoms with Crippen molar-refractivity contribution in [3.05, 3.63) is 39.7 Å². The number of carboxylic acid groups (broad SMARTS) is 1. The summed E-state index contributed by atoms with van der Waals surface area (Å²) in [5.41, 5.74) is -0.267. The third kappa shape index (κ3) is 4.43. The molecule has 7 nitrogen and oxygen atoms in total. The Balaban J connectivity index is 1.78. The summed E-state index contributed by atoms with van der Waals surface area (Å²) >= 11 is 6.23. The molecule has 29 heavy (non-hydrogen) atoms. The number of amides is 2. The van der Waals surface area contributed by atoms with Crippen LogP contribution in [0.3, 0.4) is 0 Å². The number of hydrogen-bond acceptors (Lipinski definition) is 4. The van der Waals surface area contributed by atoms with Gasteiger partial charge in [-0.1, -0.05) is 11.6 Å². The second-order valence-electron chi connectivity index (χ2n) is 7.85. The third-order valence-corrected chi connectivity index (χ3v) is 5.44. The Kier molecular flexibility index (Phi) is 5.95. The number of carbonyl (C=O) groups is 3. The Morgan fingerprint density at radius 3 is 2.52 bits per heavy atom. The van der Waals surface area contributed by atoms with E-state index in [0.29, 0.717) is 31.2 Å². The smallest absolute Gasteiger partial charge is 0.332 e. The molecule has 156 valence electrons. The summed E-state index contributed by atoms with van der Waals surface area (Å²) in [5.74, 6) is -2.75. The van der Waals surface area contributed by atoms with Crippen LogP contribution in [0.25, 0.3) is 0 Å². The van der Waals surface area contributed by atoms with Crippen molar-refractivity contribution in [2.75, 3.05) is 11.9 Å². The topological polar surface area (TPSA) is 95.9 Å². The van der Waals surface area contributed by atoms with Gasteiger partial charge in [0.25, 0.3) is 11.8 Å². The number of hydroxylamine groups is 2. The van der Waals surface area contributed by atoms with Crippen molar-refractivity contribution >= 4 is 35.1 Å². The van der Waals surface area contributed by atoms with E-state index in [1.54, 1.807) is 13.8 Å². The number of rotatable bonds is 5. The van der Waals surface area contributed by atoms with Crippen LogP contribution in [0.4, 0.5) is 10.1 Å². The first-order chi connectivity index (χ1) is 13.6. The zero-order chi connectivity index (χ0) is 21.3. The highest BCUT2D eigenvalue weighted by Crippen LogP contribution is 2.32. The zero-order valence-corrected chi connectivity index (χ0v) is 16.9. The number of halogens is 2. The molecule has 1 aromatic rings. The molecule has 2 aliphatic rings. The molecule has 3 rings (SSSR count). The lowest BCUT2D eigenvalue weighted by Gasteiger charge is -2.19. The number of carbonyl (C=O) groups excluding carboxylic acids is 2. The van der Waals surface area contributed by atoms with Crippen LogP contribution in [0.2, 0.25) is 5.02 Å². The predicted octanol–water partition coefficient (Wildman–Crippen LogP) is 3.67. The van der Waals surface area contributed by atoms with Gasteiger partial charge in [-0.05, 0) is 57.2 Å². The van der Waals surface area contributed by atoms with E-state index in [1.165, 1.54) is 6.07 Å². The highest BCUT2D eigenvalue weighted by molar-refractivity contribution is 6.31. The first-order valence-corrected chi connectivity index (χ1v) is 9.67. The van der Waals surface area contributed by atoms with Gasteiger partial charge in [0.2, 0.25) is 0 Å². The minimum absolute atomic E-state index is 0.0272. The van der Waals surface area contributed by atoms with E-state index < -0.39 is 23.1 Å². The molecular weight excluding hydrogens is 403 g/mol. The first-order valence-electron chi connectivity index (χ1n) is 9.29. The van der Waals surface area contributed by atoms with Crippen LogP contribution < -0.4 is 5.32 Å². The summed E-state index contributed by atoms with van der Waals surface area (Å²) < 4.78 is 14.6. The quantitative estimate of drug-likeness (QED) is 0.751. The van der Waals surface area contributed by atoms with Crippen LogP contribution >= 0.6 is 11.6 Å². The van der Waals surface area contributed by atoms with Gasteiger partial charge >= 0.3 is 5.97 Å². The summed E-state index contributed by atoms with van der Waals surface area (Å²) in [5, 5.41) is 13.0. The lowest BCUT2D eigenvalue weighted by Crippen LogP contribution is -2.30. The van der Waals surface area contributed by atoms with E-state index in [2.05, 4.69) is 5.32 Å². The maximum absolute atomic E-state index is 14.6. The van der Waals surface area contributed by atoms with E-state index in [9.17, 15) is 23.9 Å². The molecule has 0 spiro atoms. The summed E-state index contributed by atoms with van der Waals surface area (Å²) in [4.78, 5) is 41.5. The molecule has 0 radical (unpaired) electrons. The lowest BCUT2D eigenvalue weighted by atomic mass is 9.91. The van der Waals surface area contributed by atoms with Gasteiger partial charge in [-0.2, -0.15) is 0 Å². The first kappa shape index (κ1) is 21.3. The molecule has 2 amide bonds. The van der Waals surface area contributed by atoms with Gasteiger partial charge in [0.05, 0.1) is 24.3 Å². The Labute approximate surface area is 172 Å².